The zero-order chi connectivity index (χ0) is 21.9. The van der Waals surface area contributed by atoms with E-state index in [0.29, 0.717) is 11.8 Å². The first kappa shape index (κ1) is 24.3. The van der Waals surface area contributed by atoms with Crippen LogP contribution in [0.1, 0.15) is 103 Å². The van der Waals surface area contributed by atoms with Gasteiger partial charge >= 0.3 is 0 Å². The van der Waals surface area contributed by atoms with Crippen LogP contribution in [0, 0.1) is 11.6 Å². The minimum Gasteiger partial charge on any atom is -0.257 e. The Bertz CT molecular complexity index is 711. The molecule has 28 heavy (non-hydrogen) atoms. The average molecular weight is 390 g/mol. The Kier molecular flexibility index (Phi) is 7.93. The molecule has 0 radical (unpaired) electrons. The Morgan fingerprint density at radius 1 is 0.714 bits per heavy atom. The Morgan fingerprint density at radius 2 is 1.21 bits per heavy atom. The standard InChI is InChI=1S/C13H19F.C12H18FN/c1-9(2)11-8-10(14)6-7-12(11)13(3,4)5;1-8(2)10-6-9(13)7-14-11(10)12(3,4)5/h6-9H,1-5H3;6-8H,1-5H3. The number of benzene rings is 1. The van der Waals surface area contributed by atoms with Crippen LogP contribution in [0.25, 0.3) is 0 Å². The number of nitrogens with zero attached hydrogens (tertiary/aromatic N) is 1. The van der Waals surface area contributed by atoms with Crippen LogP contribution in [0.4, 0.5) is 8.78 Å². The van der Waals surface area contributed by atoms with Gasteiger partial charge in [0.05, 0.1) is 6.20 Å². The van der Waals surface area contributed by atoms with Crippen LogP contribution in [0.3, 0.4) is 0 Å². The molecule has 0 N–H and O–H groups in total. The molecular weight excluding hydrogens is 352 g/mol. The second-order valence-electron chi connectivity index (χ2n) is 10.1. The lowest BCUT2D eigenvalue weighted by Crippen LogP contribution is -2.17. The smallest absolute Gasteiger partial charge is 0.141 e. The van der Waals surface area contributed by atoms with Gasteiger partial charge in [-0.05, 0) is 52.1 Å². The molecule has 0 fully saturated rings. The first-order valence-corrected chi connectivity index (χ1v) is 10.1. The van der Waals surface area contributed by atoms with Crippen molar-refractivity contribution in [3.8, 4) is 0 Å². The van der Waals surface area contributed by atoms with Crippen molar-refractivity contribution in [2.45, 2.75) is 91.9 Å². The SMILES string of the molecule is CC(C)c1cc(F)ccc1C(C)(C)C.CC(C)c1cc(F)cnc1C(C)(C)C. The number of aromatic nitrogens is 1. The maximum atomic E-state index is 13.1. The topological polar surface area (TPSA) is 12.9 Å². The monoisotopic (exact) mass is 389 g/mol. The van der Waals surface area contributed by atoms with Crippen molar-refractivity contribution in [3.05, 3.63) is 64.5 Å². The number of rotatable bonds is 2. The average Bonchev–Trinajstić information content (AvgIpc) is 2.52. The van der Waals surface area contributed by atoms with Crippen molar-refractivity contribution in [1.29, 1.82) is 0 Å². The van der Waals surface area contributed by atoms with Gasteiger partial charge in [0.25, 0.3) is 0 Å². The second kappa shape index (κ2) is 9.15. The molecule has 0 atom stereocenters. The fourth-order valence-corrected chi connectivity index (χ4v) is 3.22. The van der Waals surface area contributed by atoms with Crippen LogP contribution in [0.2, 0.25) is 0 Å². The summed E-state index contributed by atoms with van der Waals surface area (Å²) in [6, 6.07) is 6.71. The Morgan fingerprint density at radius 3 is 1.64 bits per heavy atom. The molecule has 2 rings (SSSR count). The highest BCUT2D eigenvalue weighted by Crippen LogP contribution is 2.31. The summed E-state index contributed by atoms with van der Waals surface area (Å²) in [7, 11) is 0. The van der Waals surface area contributed by atoms with Crippen molar-refractivity contribution in [1.82, 2.24) is 4.98 Å². The van der Waals surface area contributed by atoms with Crippen molar-refractivity contribution in [2.24, 2.45) is 0 Å². The zero-order valence-electron chi connectivity index (χ0n) is 19.2. The molecule has 0 aliphatic heterocycles. The van der Waals surface area contributed by atoms with Gasteiger partial charge in [-0.15, -0.1) is 0 Å². The number of hydrogen-bond donors (Lipinski definition) is 0. The third kappa shape index (κ3) is 6.68. The molecule has 0 saturated carbocycles. The lowest BCUT2D eigenvalue weighted by Gasteiger charge is -2.24. The van der Waals surface area contributed by atoms with Gasteiger partial charge < -0.3 is 0 Å². The summed E-state index contributed by atoms with van der Waals surface area (Å²) in [5.41, 5.74) is 4.44. The molecule has 1 aromatic heterocycles. The lowest BCUT2D eigenvalue weighted by molar-refractivity contribution is 0.542. The highest BCUT2D eigenvalue weighted by Gasteiger charge is 2.21. The summed E-state index contributed by atoms with van der Waals surface area (Å²) < 4.78 is 26.1. The van der Waals surface area contributed by atoms with Gasteiger partial charge in [-0.2, -0.15) is 0 Å². The van der Waals surface area contributed by atoms with E-state index in [1.54, 1.807) is 18.2 Å². The third-order valence-electron chi connectivity index (χ3n) is 4.66. The molecule has 156 valence electrons. The van der Waals surface area contributed by atoms with Gasteiger partial charge in [-0.25, -0.2) is 8.78 Å². The van der Waals surface area contributed by atoms with E-state index in [2.05, 4.69) is 74.2 Å². The van der Waals surface area contributed by atoms with Crippen LogP contribution < -0.4 is 0 Å². The second-order valence-corrected chi connectivity index (χ2v) is 10.1. The minimum absolute atomic E-state index is 0.0205. The minimum atomic E-state index is -0.248. The predicted octanol–water partition coefficient (Wildman–Crippen LogP) is 7.89. The van der Waals surface area contributed by atoms with Crippen LogP contribution in [0.15, 0.2) is 30.5 Å². The van der Waals surface area contributed by atoms with Crippen molar-refractivity contribution < 1.29 is 8.78 Å². The molecule has 1 heterocycles. The molecule has 1 nitrogen and oxygen atoms in total. The molecule has 3 heteroatoms. The van der Waals surface area contributed by atoms with E-state index in [1.165, 1.54) is 11.8 Å². The summed E-state index contributed by atoms with van der Waals surface area (Å²) in [6.45, 7) is 21.1. The van der Waals surface area contributed by atoms with E-state index >= 15 is 0 Å². The van der Waals surface area contributed by atoms with E-state index < -0.39 is 0 Å². The molecule has 1 aromatic carbocycles. The summed E-state index contributed by atoms with van der Waals surface area (Å²) in [5.74, 6) is 0.302. The summed E-state index contributed by atoms with van der Waals surface area (Å²) in [4.78, 5) is 4.20. The van der Waals surface area contributed by atoms with Crippen molar-refractivity contribution in [3.63, 3.8) is 0 Å². The maximum absolute atomic E-state index is 13.1. The largest absolute Gasteiger partial charge is 0.257 e. The van der Waals surface area contributed by atoms with Crippen LogP contribution in [-0.2, 0) is 10.8 Å². The molecule has 0 unspecified atom stereocenters. The first-order valence-electron chi connectivity index (χ1n) is 10.1. The molecular formula is C25H37F2N. The van der Waals surface area contributed by atoms with Gasteiger partial charge in [0.2, 0.25) is 0 Å². The quantitative estimate of drug-likeness (QED) is 0.509. The predicted molar refractivity (Wildman–Crippen MR) is 116 cm³/mol. The van der Waals surface area contributed by atoms with E-state index in [0.717, 1.165) is 16.8 Å². The van der Waals surface area contributed by atoms with E-state index in [-0.39, 0.29) is 22.5 Å². The highest BCUT2D eigenvalue weighted by molar-refractivity contribution is 5.35. The zero-order valence-corrected chi connectivity index (χ0v) is 19.2. The fourth-order valence-electron chi connectivity index (χ4n) is 3.22. The normalized spacial score (nSPS) is 12.2. The number of hydrogen-bond acceptors (Lipinski definition) is 1. The molecule has 0 aliphatic carbocycles. The van der Waals surface area contributed by atoms with E-state index in [9.17, 15) is 8.78 Å². The van der Waals surface area contributed by atoms with Gasteiger partial charge in [0, 0.05) is 11.1 Å². The van der Waals surface area contributed by atoms with E-state index in [4.69, 9.17) is 0 Å². The Balaban J connectivity index is 0.000000280. The molecule has 0 aliphatic rings. The number of halogens is 2. The Labute approximate surface area is 170 Å². The lowest BCUT2D eigenvalue weighted by atomic mass is 9.81. The fraction of sp³-hybridized carbons (Fsp3) is 0.560. The molecule has 0 amide bonds. The van der Waals surface area contributed by atoms with Crippen LogP contribution >= 0.6 is 0 Å². The first-order chi connectivity index (χ1) is 12.6. The van der Waals surface area contributed by atoms with Gasteiger partial charge in [-0.3, -0.25) is 4.98 Å². The highest BCUT2D eigenvalue weighted by atomic mass is 19.1. The third-order valence-corrected chi connectivity index (χ3v) is 4.66. The molecule has 0 bridgehead atoms. The summed E-state index contributed by atoms with van der Waals surface area (Å²) >= 11 is 0. The van der Waals surface area contributed by atoms with Crippen LogP contribution in [-0.4, -0.2) is 4.98 Å². The number of pyridine rings is 1. The maximum Gasteiger partial charge on any atom is 0.141 e. The van der Waals surface area contributed by atoms with Gasteiger partial charge in [0.15, 0.2) is 0 Å². The summed E-state index contributed by atoms with van der Waals surface area (Å²) in [5, 5.41) is 0. The Hall–Kier alpha value is -1.77. The van der Waals surface area contributed by atoms with Crippen molar-refractivity contribution >= 4 is 0 Å². The molecule has 0 saturated heterocycles. The van der Waals surface area contributed by atoms with Crippen molar-refractivity contribution in [2.75, 3.05) is 0 Å². The van der Waals surface area contributed by atoms with Gasteiger partial charge in [0.1, 0.15) is 11.6 Å². The summed E-state index contributed by atoms with van der Waals surface area (Å²) in [6.07, 6.45) is 1.30. The van der Waals surface area contributed by atoms with Gasteiger partial charge in [-0.1, -0.05) is 75.3 Å². The van der Waals surface area contributed by atoms with Crippen LogP contribution in [0.5, 0.6) is 0 Å². The molecule has 0 spiro atoms. The molecule has 2 aromatic rings. The van der Waals surface area contributed by atoms with E-state index in [1.807, 2.05) is 6.07 Å².